The van der Waals surface area contributed by atoms with Crippen LogP contribution in [0.1, 0.15) is 23.6 Å². The van der Waals surface area contributed by atoms with Crippen molar-refractivity contribution < 1.29 is 22.7 Å². The Labute approximate surface area is 201 Å². The number of aliphatic imine (C=N–C) groups is 1. The van der Waals surface area contributed by atoms with Crippen LogP contribution in [0.2, 0.25) is 0 Å². The molecular weight excluding hydrogens is 476 g/mol. The zero-order valence-electron chi connectivity index (χ0n) is 18.7. The quantitative estimate of drug-likeness (QED) is 0.604. The Balaban J connectivity index is 1.61. The van der Waals surface area contributed by atoms with E-state index in [9.17, 15) is 13.2 Å². The zero-order valence-corrected chi connectivity index (χ0v) is 20.4. The van der Waals surface area contributed by atoms with Crippen LogP contribution in [0.5, 0.6) is 11.5 Å². The molecule has 0 unspecified atom stereocenters. The van der Waals surface area contributed by atoms with Gasteiger partial charge in [0, 0.05) is 6.26 Å². The summed E-state index contributed by atoms with van der Waals surface area (Å²) in [4.78, 5) is 16.5. The van der Waals surface area contributed by atoms with Crippen LogP contribution in [0, 0.1) is 12.3 Å². The lowest BCUT2D eigenvalue weighted by Gasteiger charge is -2.20. The second-order valence-electron chi connectivity index (χ2n) is 7.51. The van der Waals surface area contributed by atoms with Crippen molar-refractivity contribution in [1.29, 1.82) is 5.41 Å². The van der Waals surface area contributed by atoms with Crippen LogP contribution >= 0.6 is 11.8 Å². The summed E-state index contributed by atoms with van der Waals surface area (Å²) < 4.78 is 35.1. The number of nitrogens with one attached hydrogen (secondary N) is 1. The van der Waals surface area contributed by atoms with E-state index in [0.717, 1.165) is 34.2 Å². The average molecular weight is 499 g/mol. The fourth-order valence-corrected chi connectivity index (χ4v) is 4.91. The summed E-state index contributed by atoms with van der Waals surface area (Å²) in [6, 6.07) is 13.1. The Hall–Kier alpha value is -3.44. The molecule has 0 fully saturated rings. The van der Waals surface area contributed by atoms with Gasteiger partial charge in [0.05, 0.1) is 12.2 Å². The van der Waals surface area contributed by atoms with E-state index in [-0.39, 0.29) is 21.0 Å². The molecule has 176 valence electrons. The van der Waals surface area contributed by atoms with Crippen LogP contribution in [0.4, 0.5) is 0 Å². The Bertz CT molecular complexity index is 1380. The molecule has 2 aromatic rings. The Morgan fingerprint density at radius 2 is 1.91 bits per heavy atom. The van der Waals surface area contributed by atoms with Gasteiger partial charge in [-0.3, -0.25) is 10.2 Å². The molecular formula is C23H22N4O5S2. The van der Waals surface area contributed by atoms with Crippen molar-refractivity contribution in [3.8, 4) is 11.5 Å². The summed E-state index contributed by atoms with van der Waals surface area (Å²) in [6.45, 7) is 4.66. The predicted molar refractivity (Wildman–Crippen MR) is 133 cm³/mol. The predicted octanol–water partition coefficient (Wildman–Crippen LogP) is 3.59. The minimum absolute atomic E-state index is 0.0149. The number of thioether (sulfide) groups is 1. The minimum Gasteiger partial charge on any atom is -0.490 e. The molecule has 0 aromatic heterocycles. The maximum Gasteiger partial charge on any atom is 0.283 e. The lowest BCUT2D eigenvalue weighted by molar-refractivity contribution is -0.114. The van der Waals surface area contributed by atoms with Crippen molar-refractivity contribution in [3.05, 3.63) is 64.7 Å². The topological polar surface area (TPSA) is 121 Å². The minimum atomic E-state index is -3.59. The monoisotopic (exact) mass is 498 g/mol. The molecule has 0 bridgehead atoms. The second-order valence-corrected chi connectivity index (χ2v) is 10.7. The highest BCUT2D eigenvalue weighted by atomic mass is 32.3. The first-order chi connectivity index (χ1) is 16.2. The van der Waals surface area contributed by atoms with Crippen molar-refractivity contribution in [1.82, 2.24) is 5.01 Å². The molecule has 34 heavy (non-hydrogen) atoms. The van der Waals surface area contributed by atoms with E-state index in [0.29, 0.717) is 30.3 Å². The van der Waals surface area contributed by atoms with Gasteiger partial charge in [-0.05, 0) is 60.5 Å². The van der Waals surface area contributed by atoms with Gasteiger partial charge in [0.1, 0.15) is 6.61 Å². The highest BCUT2D eigenvalue weighted by molar-refractivity contribution is 8.42. The Morgan fingerprint density at radius 1 is 1.15 bits per heavy atom. The van der Waals surface area contributed by atoms with Gasteiger partial charge in [-0.2, -0.15) is 10.0 Å². The van der Waals surface area contributed by atoms with Crippen LogP contribution in [0.15, 0.2) is 58.1 Å². The van der Waals surface area contributed by atoms with Crippen LogP contribution in [0.25, 0.3) is 6.08 Å². The Morgan fingerprint density at radius 3 is 2.62 bits per heavy atom. The highest BCUT2D eigenvalue weighted by Gasteiger charge is 2.38. The molecule has 2 aromatic carbocycles. The van der Waals surface area contributed by atoms with Gasteiger partial charge in [-0.1, -0.05) is 30.3 Å². The number of hydrogen-bond acceptors (Lipinski definition) is 8. The summed E-state index contributed by atoms with van der Waals surface area (Å²) in [5.41, 5.74) is 2.76. The number of ether oxygens (including phenoxy) is 2. The van der Waals surface area contributed by atoms with E-state index < -0.39 is 15.7 Å². The van der Waals surface area contributed by atoms with Gasteiger partial charge < -0.3 is 9.47 Å². The first-order valence-electron chi connectivity index (χ1n) is 10.3. The first-order valence-corrected chi connectivity index (χ1v) is 13.0. The molecule has 11 heteroatoms. The molecule has 0 atom stereocenters. The number of sulfone groups is 1. The van der Waals surface area contributed by atoms with Crippen molar-refractivity contribution in [2.75, 3.05) is 12.9 Å². The van der Waals surface area contributed by atoms with Crippen molar-refractivity contribution in [2.24, 2.45) is 10.1 Å². The largest absolute Gasteiger partial charge is 0.490 e. The third kappa shape index (κ3) is 4.90. The second kappa shape index (κ2) is 9.43. The molecule has 2 aliphatic heterocycles. The molecule has 2 heterocycles. The maximum absolute atomic E-state index is 12.6. The van der Waals surface area contributed by atoms with Gasteiger partial charge >= 0.3 is 0 Å². The number of benzene rings is 2. The molecule has 0 aliphatic carbocycles. The summed E-state index contributed by atoms with van der Waals surface area (Å²) in [7, 11) is -3.59. The average Bonchev–Trinajstić information content (AvgIpc) is 3.22. The molecule has 4 rings (SSSR count). The summed E-state index contributed by atoms with van der Waals surface area (Å²) in [5, 5.41) is 13.4. The Kier molecular flexibility index (Phi) is 6.58. The van der Waals surface area contributed by atoms with Crippen LogP contribution in [0.3, 0.4) is 0 Å². The molecule has 9 nitrogen and oxygen atoms in total. The molecule has 0 radical (unpaired) electrons. The van der Waals surface area contributed by atoms with Crippen molar-refractivity contribution in [3.63, 3.8) is 0 Å². The van der Waals surface area contributed by atoms with Crippen LogP contribution in [-0.4, -0.2) is 47.6 Å². The highest BCUT2D eigenvalue weighted by Crippen LogP contribution is 2.33. The number of fused-ring (bicyclic) bond motifs is 1. The van der Waals surface area contributed by atoms with Gasteiger partial charge in [-0.15, -0.1) is 5.10 Å². The SMILES string of the molecule is CCOc1cc(/C=C2/C(=N)N3N=C(S(C)(=O)=O)SC3=NC2=O)ccc1OCc1ccccc1C. The van der Waals surface area contributed by atoms with Crippen LogP contribution in [-0.2, 0) is 21.2 Å². The zero-order chi connectivity index (χ0) is 24.5. The van der Waals surface area contributed by atoms with Crippen molar-refractivity contribution >= 4 is 49.0 Å². The van der Waals surface area contributed by atoms with E-state index in [1.807, 2.05) is 38.1 Å². The van der Waals surface area contributed by atoms with Gasteiger partial charge in [0.15, 0.2) is 17.3 Å². The van der Waals surface area contributed by atoms with E-state index in [1.165, 1.54) is 6.08 Å². The number of carbonyl (C=O) groups excluding carboxylic acids is 1. The standard InChI is InChI=1S/C23H22N4O5S2/c1-4-31-19-12-15(9-10-18(19)32-13-16-8-6-5-7-14(16)2)11-17-20(24)27-22(25-21(17)28)33-23(26-27)34(3,29)30/h5-12,24H,4,13H2,1-3H3/b17-11-,24-20?. The van der Waals surface area contributed by atoms with Gasteiger partial charge in [-0.25, -0.2) is 8.42 Å². The van der Waals surface area contributed by atoms with E-state index in [4.69, 9.17) is 14.9 Å². The maximum atomic E-state index is 12.6. The number of amides is 1. The molecule has 0 spiro atoms. The number of nitrogens with zero attached hydrogens (tertiary/aromatic N) is 3. The fraction of sp³-hybridized carbons (Fsp3) is 0.217. The smallest absolute Gasteiger partial charge is 0.283 e. The number of hydrazone groups is 1. The first kappa shape index (κ1) is 23.7. The number of carbonyl (C=O) groups is 1. The van der Waals surface area contributed by atoms with Crippen LogP contribution < -0.4 is 9.47 Å². The molecule has 0 saturated carbocycles. The number of hydrogen-bond donors (Lipinski definition) is 1. The third-order valence-electron chi connectivity index (χ3n) is 4.98. The molecule has 0 saturated heterocycles. The number of rotatable bonds is 6. The lowest BCUT2D eigenvalue weighted by atomic mass is 10.1. The van der Waals surface area contributed by atoms with Gasteiger partial charge in [0.25, 0.3) is 5.91 Å². The normalized spacial score (nSPS) is 16.9. The molecule has 1 N–H and O–H groups in total. The third-order valence-corrected chi connectivity index (χ3v) is 7.55. The lowest BCUT2D eigenvalue weighted by Crippen LogP contribution is -2.35. The van der Waals surface area contributed by atoms with Crippen molar-refractivity contribution in [2.45, 2.75) is 20.5 Å². The summed E-state index contributed by atoms with van der Waals surface area (Å²) >= 11 is 0.745. The summed E-state index contributed by atoms with van der Waals surface area (Å²) in [5.74, 6) is 0.153. The fourth-order valence-electron chi connectivity index (χ4n) is 3.22. The number of aryl methyl sites for hydroxylation is 1. The molecule has 1 amide bonds. The van der Waals surface area contributed by atoms with Gasteiger partial charge in [0.2, 0.25) is 19.4 Å². The van der Waals surface area contributed by atoms with E-state index >= 15 is 0 Å². The van der Waals surface area contributed by atoms with E-state index in [2.05, 4.69) is 10.1 Å². The van der Waals surface area contributed by atoms with E-state index in [1.54, 1.807) is 18.2 Å². The number of amidine groups is 2. The summed E-state index contributed by atoms with van der Waals surface area (Å²) in [6.07, 6.45) is 2.51. The molecule has 2 aliphatic rings.